The zero-order valence-electron chi connectivity index (χ0n) is 25.0. The zero-order valence-corrected chi connectivity index (χ0v) is 25.0. The van der Waals surface area contributed by atoms with E-state index in [0.717, 1.165) is 31.2 Å². The fraction of sp³-hybridized carbons (Fsp3) is 0.531. The summed E-state index contributed by atoms with van der Waals surface area (Å²) in [6.07, 6.45) is 9.21. The van der Waals surface area contributed by atoms with Crippen molar-refractivity contribution in [2.45, 2.75) is 78.8 Å². The van der Waals surface area contributed by atoms with Gasteiger partial charge in [-0.15, -0.1) is 0 Å². The summed E-state index contributed by atoms with van der Waals surface area (Å²) in [5.74, 6) is -0.0316. The molecule has 41 heavy (non-hydrogen) atoms. The molecule has 0 spiro atoms. The van der Waals surface area contributed by atoms with Gasteiger partial charge in [-0.25, -0.2) is 9.97 Å². The highest BCUT2D eigenvalue weighted by atomic mass is 16.2. The smallest absolute Gasteiger partial charge is 0.274 e. The molecule has 1 aromatic carbocycles. The molecule has 0 bridgehead atoms. The van der Waals surface area contributed by atoms with Crippen LogP contribution in [0.1, 0.15) is 76.4 Å². The number of imidazole rings is 1. The third-order valence-electron chi connectivity index (χ3n) is 7.92. The van der Waals surface area contributed by atoms with Crippen LogP contribution in [-0.4, -0.2) is 73.6 Å². The van der Waals surface area contributed by atoms with Gasteiger partial charge in [0.1, 0.15) is 11.7 Å². The van der Waals surface area contributed by atoms with Crippen LogP contribution in [-0.2, 0) is 16.0 Å². The predicted octanol–water partition coefficient (Wildman–Crippen LogP) is 4.37. The molecule has 1 aliphatic heterocycles. The third kappa shape index (κ3) is 7.51. The number of likely N-dealkylation sites (tertiary alicyclic amines) is 1. The number of carbonyl (C=O) groups is 3. The lowest BCUT2D eigenvalue weighted by Crippen LogP contribution is -2.57. The molecule has 3 aromatic rings. The summed E-state index contributed by atoms with van der Waals surface area (Å²) < 4.78 is 1.74. The van der Waals surface area contributed by atoms with Crippen LogP contribution in [0.25, 0.3) is 5.78 Å². The van der Waals surface area contributed by atoms with Gasteiger partial charge < -0.3 is 15.1 Å². The number of hydrogen-bond acceptors (Lipinski definition) is 5. The lowest BCUT2D eigenvalue weighted by Gasteiger charge is -2.37. The van der Waals surface area contributed by atoms with Crippen LogP contribution in [0.5, 0.6) is 0 Å². The maximum Gasteiger partial charge on any atom is 0.274 e. The van der Waals surface area contributed by atoms with Crippen LogP contribution in [0.15, 0.2) is 55.0 Å². The lowest BCUT2D eigenvalue weighted by molar-refractivity contribution is -0.141. The van der Waals surface area contributed by atoms with Crippen molar-refractivity contribution < 1.29 is 14.4 Å². The molecular weight excluding hydrogens is 516 g/mol. The van der Waals surface area contributed by atoms with Crippen LogP contribution in [0.4, 0.5) is 0 Å². The summed E-state index contributed by atoms with van der Waals surface area (Å²) in [5.41, 5.74) is 1.01. The van der Waals surface area contributed by atoms with Crippen molar-refractivity contribution in [3.63, 3.8) is 0 Å². The molecule has 1 fully saturated rings. The first kappa shape index (κ1) is 30.2. The van der Waals surface area contributed by atoms with Crippen molar-refractivity contribution in [3.05, 3.63) is 66.2 Å². The summed E-state index contributed by atoms with van der Waals surface area (Å²) in [7, 11) is 0. The Balaban J connectivity index is 1.55. The highest BCUT2D eigenvalue weighted by Gasteiger charge is 2.41. The Labute approximate surface area is 243 Å². The first-order valence-corrected chi connectivity index (χ1v) is 14.8. The number of hydrogen-bond donors (Lipinski definition) is 1. The molecule has 1 saturated heterocycles. The maximum absolute atomic E-state index is 14.0. The van der Waals surface area contributed by atoms with Gasteiger partial charge in [0.05, 0.1) is 0 Å². The summed E-state index contributed by atoms with van der Waals surface area (Å²) in [5, 5.41) is 3.07. The second-order valence-corrected chi connectivity index (χ2v) is 12.3. The van der Waals surface area contributed by atoms with Crippen LogP contribution in [0, 0.1) is 11.3 Å². The quantitative estimate of drug-likeness (QED) is 0.375. The van der Waals surface area contributed by atoms with Crippen molar-refractivity contribution in [3.8, 4) is 0 Å². The number of benzene rings is 1. The minimum atomic E-state index is -0.645. The average molecular weight is 561 g/mol. The SMILES string of the molecule is CCC[C@@H](C)C(=O)N[C@H](C(=O)N1CCC[C@H]1CN(CCc1ccccc1)C(=O)c1cn2cccnc2n1)C(C)(C)C. The van der Waals surface area contributed by atoms with Crippen LogP contribution >= 0.6 is 0 Å². The fourth-order valence-corrected chi connectivity index (χ4v) is 5.51. The highest BCUT2D eigenvalue weighted by molar-refractivity contribution is 5.93. The predicted molar refractivity (Wildman–Crippen MR) is 159 cm³/mol. The Kier molecular flexibility index (Phi) is 9.78. The van der Waals surface area contributed by atoms with Crippen molar-refractivity contribution in [2.24, 2.45) is 11.3 Å². The van der Waals surface area contributed by atoms with E-state index in [1.54, 1.807) is 22.9 Å². The number of rotatable bonds is 11. The molecular formula is C32H44N6O3. The Bertz CT molecular complexity index is 1300. The van der Waals surface area contributed by atoms with Crippen molar-refractivity contribution >= 4 is 23.5 Å². The Morgan fingerprint density at radius 3 is 2.59 bits per heavy atom. The third-order valence-corrected chi connectivity index (χ3v) is 7.92. The van der Waals surface area contributed by atoms with Gasteiger partial charge in [0.15, 0.2) is 0 Å². The Morgan fingerprint density at radius 2 is 1.90 bits per heavy atom. The Morgan fingerprint density at radius 1 is 1.15 bits per heavy atom. The van der Waals surface area contributed by atoms with Crippen molar-refractivity contribution in [1.82, 2.24) is 29.5 Å². The molecule has 2 aromatic heterocycles. The highest BCUT2D eigenvalue weighted by Crippen LogP contribution is 2.27. The Hall–Kier alpha value is -3.75. The minimum Gasteiger partial charge on any atom is -0.344 e. The molecule has 1 N–H and O–H groups in total. The molecule has 0 unspecified atom stereocenters. The molecule has 4 rings (SSSR count). The van der Waals surface area contributed by atoms with E-state index in [2.05, 4.69) is 34.3 Å². The second-order valence-electron chi connectivity index (χ2n) is 12.3. The monoisotopic (exact) mass is 560 g/mol. The van der Waals surface area contributed by atoms with Crippen LogP contribution in [0.2, 0.25) is 0 Å². The summed E-state index contributed by atoms with van der Waals surface area (Å²) in [6, 6.07) is 11.1. The van der Waals surface area contributed by atoms with Crippen molar-refractivity contribution in [1.29, 1.82) is 0 Å². The molecule has 3 amide bonds. The van der Waals surface area contributed by atoms with E-state index in [9.17, 15) is 14.4 Å². The van der Waals surface area contributed by atoms with E-state index < -0.39 is 11.5 Å². The minimum absolute atomic E-state index is 0.0792. The van der Waals surface area contributed by atoms with Crippen LogP contribution < -0.4 is 5.32 Å². The number of carbonyl (C=O) groups excluding carboxylic acids is 3. The number of nitrogens with zero attached hydrogens (tertiary/aromatic N) is 5. The van der Waals surface area contributed by atoms with Gasteiger partial charge in [0.2, 0.25) is 17.6 Å². The molecule has 3 atom stereocenters. The first-order valence-electron chi connectivity index (χ1n) is 14.8. The second kappa shape index (κ2) is 13.3. The average Bonchev–Trinajstić information content (AvgIpc) is 3.60. The van der Waals surface area contributed by atoms with E-state index in [1.165, 1.54) is 0 Å². The fourth-order valence-electron chi connectivity index (χ4n) is 5.51. The van der Waals surface area contributed by atoms with Crippen molar-refractivity contribution in [2.75, 3.05) is 19.6 Å². The molecule has 9 nitrogen and oxygen atoms in total. The molecule has 3 heterocycles. The largest absolute Gasteiger partial charge is 0.344 e. The summed E-state index contributed by atoms with van der Waals surface area (Å²) in [6.45, 7) is 11.4. The normalized spacial score (nSPS) is 16.9. The van der Waals surface area contributed by atoms with E-state index >= 15 is 0 Å². The lowest BCUT2D eigenvalue weighted by atomic mass is 9.85. The number of aromatic nitrogens is 3. The molecule has 0 saturated carbocycles. The van der Waals surface area contributed by atoms with Gasteiger partial charge in [-0.3, -0.25) is 18.8 Å². The van der Waals surface area contributed by atoms with E-state index in [4.69, 9.17) is 0 Å². The van der Waals surface area contributed by atoms with Gasteiger partial charge in [0.25, 0.3) is 5.91 Å². The summed E-state index contributed by atoms with van der Waals surface area (Å²) in [4.78, 5) is 53.3. The van der Waals surface area contributed by atoms with E-state index in [-0.39, 0.29) is 29.7 Å². The maximum atomic E-state index is 14.0. The number of amides is 3. The van der Waals surface area contributed by atoms with Crippen LogP contribution in [0.3, 0.4) is 0 Å². The van der Waals surface area contributed by atoms with Gasteiger partial charge in [-0.1, -0.05) is 71.4 Å². The molecule has 9 heteroatoms. The molecule has 1 aliphatic rings. The van der Waals surface area contributed by atoms with E-state index in [1.807, 2.05) is 61.9 Å². The number of nitrogens with one attached hydrogen (secondary N) is 1. The van der Waals surface area contributed by atoms with Gasteiger partial charge in [-0.05, 0) is 42.7 Å². The topological polar surface area (TPSA) is 99.9 Å². The number of fused-ring (bicyclic) bond motifs is 1. The standard InChI is InChI=1S/C32H44N6O3/c1-6-12-23(2)28(39)35-27(32(3,4)5)30(41)38-19-10-15-25(38)21-36(20-16-24-13-8-7-9-14-24)29(40)26-22-37-18-11-17-33-31(37)34-26/h7-9,11,13-14,17-18,22-23,25,27H,6,10,12,15-16,19-21H2,1-5H3,(H,35,39)/t23-,25+,27-/m1/s1. The van der Waals surface area contributed by atoms with Gasteiger partial charge in [0, 0.05) is 50.2 Å². The van der Waals surface area contributed by atoms with Gasteiger partial charge >= 0.3 is 0 Å². The van der Waals surface area contributed by atoms with E-state index in [0.29, 0.717) is 37.5 Å². The molecule has 0 aliphatic carbocycles. The van der Waals surface area contributed by atoms with Gasteiger partial charge in [-0.2, -0.15) is 0 Å². The first-order chi connectivity index (χ1) is 19.6. The molecule has 220 valence electrons. The zero-order chi connectivity index (χ0) is 29.6. The summed E-state index contributed by atoms with van der Waals surface area (Å²) >= 11 is 0. The molecule has 0 radical (unpaired) electrons.